The largest absolute Gasteiger partial charge is 0.506 e. The van der Waals surface area contributed by atoms with Crippen LogP contribution in [0.25, 0.3) is 0 Å². The zero-order chi connectivity index (χ0) is 13.1. The molecule has 0 aliphatic rings. The normalized spacial score (nSPS) is 10.8. The van der Waals surface area contributed by atoms with E-state index in [9.17, 15) is 5.11 Å². The van der Waals surface area contributed by atoms with E-state index in [2.05, 4.69) is 42.3 Å². The average Bonchev–Trinajstić information content (AvgIpc) is 2.72. The summed E-state index contributed by atoms with van der Waals surface area (Å²) in [5.74, 6) is 1.02. The molecule has 0 atom stereocenters. The van der Waals surface area contributed by atoms with Gasteiger partial charge >= 0.3 is 0 Å². The fourth-order valence-corrected chi connectivity index (χ4v) is 2.83. The minimum atomic E-state index is 0.213. The van der Waals surface area contributed by atoms with Gasteiger partial charge in [-0.15, -0.1) is 0 Å². The summed E-state index contributed by atoms with van der Waals surface area (Å²) < 4.78 is 6.44. The van der Waals surface area contributed by atoms with E-state index in [0.29, 0.717) is 22.0 Å². The van der Waals surface area contributed by atoms with Crippen molar-refractivity contribution in [1.29, 1.82) is 0 Å². The van der Waals surface area contributed by atoms with Crippen molar-refractivity contribution in [3.05, 3.63) is 44.2 Å². The van der Waals surface area contributed by atoms with Gasteiger partial charge in [0.05, 0.1) is 21.2 Å². The van der Waals surface area contributed by atoms with E-state index >= 15 is 0 Å². The van der Waals surface area contributed by atoms with Crippen molar-refractivity contribution in [3.8, 4) is 5.75 Å². The second-order valence-electron chi connectivity index (χ2n) is 3.95. The highest BCUT2D eigenvalue weighted by molar-refractivity contribution is 9.11. The van der Waals surface area contributed by atoms with Gasteiger partial charge in [-0.05, 0) is 56.5 Å². The highest BCUT2D eigenvalue weighted by Gasteiger charge is 2.06. The first-order chi connectivity index (χ1) is 8.56. The van der Waals surface area contributed by atoms with Gasteiger partial charge in [0.15, 0.2) is 5.76 Å². The maximum absolute atomic E-state index is 9.60. The number of hydrogen-bond donors (Lipinski definition) is 2. The van der Waals surface area contributed by atoms with Gasteiger partial charge in [-0.3, -0.25) is 0 Å². The van der Waals surface area contributed by atoms with Crippen molar-refractivity contribution in [3.63, 3.8) is 0 Å². The van der Waals surface area contributed by atoms with Crippen LogP contribution in [0.5, 0.6) is 5.75 Å². The summed E-state index contributed by atoms with van der Waals surface area (Å²) in [6.45, 7) is 3.19. The van der Waals surface area contributed by atoms with Crippen LogP contribution in [0.15, 0.2) is 31.7 Å². The molecule has 0 aliphatic carbocycles. The van der Waals surface area contributed by atoms with E-state index < -0.39 is 0 Å². The third-order valence-corrected chi connectivity index (χ3v) is 3.59. The minimum absolute atomic E-state index is 0.213. The number of halogens is 2. The molecule has 2 aromatic rings. The van der Waals surface area contributed by atoms with Crippen LogP contribution in [-0.4, -0.2) is 10.3 Å². The summed E-state index contributed by atoms with van der Waals surface area (Å²) in [6.07, 6.45) is 0. The minimum Gasteiger partial charge on any atom is -0.506 e. The molecule has 18 heavy (non-hydrogen) atoms. The molecule has 96 valence electrons. The summed E-state index contributed by atoms with van der Waals surface area (Å²) >= 11 is 6.60. The highest BCUT2D eigenvalue weighted by atomic mass is 79.9. The predicted octanol–water partition coefficient (Wildman–Crippen LogP) is 3.50. The van der Waals surface area contributed by atoms with Gasteiger partial charge in [-0.25, -0.2) is 0 Å². The third-order valence-electron chi connectivity index (χ3n) is 2.38. The van der Waals surface area contributed by atoms with E-state index in [1.807, 2.05) is 25.1 Å². The molecule has 0 saturated carbocycles. The number of nitrogens with zero attached hydrogens (tertiary/aromatic N) is 1. The zero-order valence-corrected chi connectivity index (χ0v) is 12.9. The molecule has 0 amide bonds. The zero-order valence-electron chi connectivity index (χ0n) is 9.70. The number of benzene rings is 1. The highest BCUT2D eigenvalue weighted by Crippen LogP contribution is 2.33. The van der Waals surface area contributed by atoms with Crippen molar-refractivity contribution in [2.24, 2.45) is 0 Å². The number of rotatable bonds is 4. The average molecular weight is 376 g/mol. The maximum Gasteiger partial charge on any atom is 0.150 e. The molecule has 1 aromatic carbocycles. The lowest BCUT2D eigenvalue weighted by molar-refractivity contribution is 0.369. The Labute approximate surface area is 122 Å². The fourth-order valence-electron chi connectivity index (χ4n) is 1.55. The van der Waals surface area contributed by atoms with E-state index in [1.54, 1.807) is 0 Å². The molecular weight excluding hydrogens is 364 g/mol. The number of hydrogen-bond acceptors (Lipinski definition) is 4. The van der Waals surface area contributed by atoms with Gasteiger partial charge in [0.25, 0.3) is 0 Å². The van der Waals surface area contributed by atoms with Crippen LogP contribution in [0.1, 0.15) is 17.0 Å². The van der Waals surface area contributed by atoms with Crippen molar-refractivity contribution in [1.82, 2.24) is 10.5 Å². The van der Waals surface area contributed by atoms with E-state index in [-0.39, 0.29) is 5.75 Å². The number of aryl methyl sites for hydroxylation is 1. The number of phenols is 1. The lowest BCUT2D eigenvalue weighted by Crippen LogP contribution is -2.12. The molecule has 1 aromatic heterocycles. The SMILES string of the molecule is Cc1cc(CNCc2cc(Br)c(O)c(Br)c2)on1. The first kappa shape index (κ1) is 13.6. The van der Waals surface area contributed by atoms with Gasteiger partial charge in [0.2, 0.25) is 0 Å². The van der Waals surface area contributed by atoms with Crippen LogP contribution in [0.3, 0.4) is 0 Å². The van der Waals surface area contributed by atoms with Gasteiger partial charge in [0.1, 0.15) is 5.75 Å². The Morgan fingerprint density at radius 3 is 2.44 bits per heavy atom. The van der Waals surface area contributed by atoms with Crippen molar-refractivity contribution in [2.75, 3.05) is 0 Å². The Bertz CT molecular complexity index is 532. The Morgan fingerprint density at radius 2 is 1.89 bits per heavy atom. The van der Waals surface area contributed by atoms with Crippen LogP contribution in [0.2, 0.25) is 0 Å². The first-order valence-electron chi connectivity index (χ1n) is 5.36. The maximum atomic E-state index is 9.60. The summed E-state index contributed by atoms with van der Waals surface area (Å²) in [7, 11) is 0. The molecule has 0 radical (unpaired) electrons. The molecule has 6 heteroatoms. The second kappa shape index (κ2) is 5.86. The van der Waals surface area contributed by atoms with Crippen LogP contribution < -0.4 is 5.32 Å². The van der Waals surface area contributed by atoms with Crippen LogP contribution in [0, 0.1) is 6.92 Å². The van der Waals surface area contributed by atoms with E-state index in [0.717, 1.165) is 17.0 Å². The summed E-state index contributed by atoms with van der Waals surface area (Å²) in [4.78, 5) is 0. The number of aromatic nitrogens is 1. The molecule has 0 aliphatic heterocycles. The van der Waals surface area contributed by atoms with Gasteiger partial charge < -0.3 is 14.9 Å². The molecular formula is C12H12Br2N2O2. The smallest absolute Gasteiger partial charge is 0.150 e. The summed E-state index contributed by atoms with van der Waals surface area (Å²) in [5, 5.41) is 16.7. The molecule has 0 spiro atoms. The molecule has 2 rings (SSSR count). The Balaban J connectivity index is 1.94. The van der Waals surface area contributed by atoms with Crippen LogP contribution in [0.4, 0.5) is 0 Å². The quantitative estimate of drug-likeness (QED) is 0.858. The third kappa shape index (κ3) is 3.34. The molecule has 1 heterocycles. The second-order valence-corrected chi connectivity index (χ2v) is 5.65. The van der Waals surface area contributed by atoms with E-state index in [4.69, 9.17) is 4.52 Å². The molecule has 0 saturated heterocycles. The molecule has 4 nitrogen and oxygen atoms in total. The van der Waals surface area contributed by atoms with Crippen molar-refractivity contribution < 1.29 is 9.63 Å². The summed E-state index contributed by atoms with van der Waals surface area (Å²) in [5.41, 5.74) is 1.93. The number of aromatic hydroxyl groups is 1. The van der Waals surface area contributed by atoms with Crippen LogP contribution >= 0.6 is 31.9 Å². The lowest BCUT2D eigenvalue weighted by Gasteiger charge is -2.06. The Kier molecular flexibility index (Phi) is 4.42. The van der Waals surface area contributed by atoms with Crippen molar-refractivity contribution in [2.45, 2.75) is 20.0 Å². The summed E-state index contributed by atoms with van der Waals surface area (Å²) in [6, 6.07) is 5.65. The standard InChI is InChI=1S/C12H12Br2N2O2/c1-7-2-9(18-16-7)6-15-5-8-3-10(13)12(17)11(14)4-8/h2-4,15,17H,5-6H2,1H3. The Morgan fingerprint density at radius 1 is 1.22 bits per heavy atom. The topological polar surface area (TPSA) is 58.3 Å². The molecule has 0 bridgehead atoms. The van der Waals surface area contributed by atoms with Gasteiger partial charge in [-0.1, -0.05) is 5.16 Å². The molecule has 2 N–H and O–H groups in total. The number of phenolic OH excluding ortho intramolecular Hbond substituents is 1. The van der Waals surface area contributed by atoms with E-state index in [1.165, 1.54) is 0 Å². The van der Waals surface area contributed by atoms with Crippen LogP contribution in [-0.2, 0) is 13.1 Å². The monoisotopic (exact) mass is 374 g/mol. The first-order valence-corrected chi connectivity index (χ1v) is 6.94. The van der Waals surface area contributed by atoms with Gasteiger partial charge in [0, 0.05) is 12.6 Å². The fraction of sp³-hybridized carbons (Fsp3) is 0.250. The number of nitrogens with one attached hydrogen (secondary N) is 1. The predicted molar refractivity (Wildman–Crippen MR) is 75.3 cm³/mol. The lowest BCUT2D eigenvalue weighted by atomic mass is 10.2. The van der Waals surface area contributed by atoms with Crippen molar-refractivity contribution >= 4 is 31.9 Å². The molecule has 0 unspecified atom stereocenters. The van der Waals surface area contributed by atoms with Gasteiger partial charge in [-0.2, -0.15) is 0 Å². The molecule has 0 fully saturated rings. The Hall–Kier alpha value is -0.850.